The molecule has 1 aromatic rings. The summed E-state index contributed by atoms with van der Waals surface area (Å²) < 4.78 is 61.1. The number of amides is 1. The minimum atomic E-state index is -3.52. The van der Waals surface area contributed by atoms with Crippen LogP contribution in [0.2, 0.25) is 0 Å². The molecule has 1 atom stereocenters. The standard InChI is InChI=1S/C13H15NO2/c1-10-7-13(16)14(9-12(10)15)8-11-5-3-2-4-6-11/h2-6,10H,7-9H2,1H3/i1D3,7D2,9D2,10D. The fraction of sp³-hybridized carbons (Fsp3) is 0.385. The molecule has 1 saturated heterocycles. The van der Waals surface area contributed by atoms with Gasteiger partial charge in [0.05, 0.1) is 9.24 Å². The largest absolute Gasteiger partial charge is 0.331 e. The zero-order chi connectivity index (χ0) is 18.6. The second-order valence-corrected chi connectivity index (χ2v) is 3.32. The van der Waals surface area contributed by atoms with Gasteiger partial charge in [-0.1, -0.05) is 37.2 Å². The lowest BCUT2D eigenvalue weighted by Crippen LogP contribution is -2.43. The predicted octanol–water partition coefficient (Wildman–Crippen LogP) is 1.62. The summed E-state index contributed by atoms with van der Waals surface area (Å²) in [5.41, 5.74) is 0.435. The second-order valence-electron chi connectivity index (χ2n) is 3.32. The summed E-state index contributed by atoms with van der Waals surface area (Å²) in [6.07, 6.45) is -3.39. The van der Waals surface area contributed by atoms with Gasteiger partial charge in [0.15, 0.2) is 5.78 Å². The van der Waals surface area contributed by atoms with E-state index < -0.39 is 43.9 Å². The number of nitrogens with zero attached hydrogens (tertiary/aromatic N) is 1. The lowest BCUT2D eigenvalue weighted by atomic mass is 9.96. The number of likely N-dealkylation sites (tertiary alicyclic amines) is 1. The number of piperidine rings is 1. The van der Waals surface area contributed by atoms with Crippen molar-refractivity contribution < 1.29 is 20.6 Å². The number of hydrogen-bond acceptors (Lipinski definition) is 2. The van der Waals surface area contributed by atoms with Crippen molar-refractivity contribution in [3.05, 3.63) is 35.9 Å². The van der Waals surface area contributed by atoms with Gasteiger partial charge in [-0.3, -0.25) is 9.59 Å². The molecule has 84 valence electrons. The van der Waals surface area contributed by atoms with Crippen molar-refractivity contribution in [1.29, 1.82) is 0 Å². The maximum Gasteiger partial charge on any atom is 0.223 e. The molecule has 16 heavy (non-hydrogen) atoms. The van der Waals surface area contributed by atoms with Gasteiger partial charge >= 0.3 is 0 Å². The molecule has 0 bridgehead atoms. The van der Waals surface area contributed by atoms with Crippen LogP contribution in [0.15, 0.2) is 30.3 Å². The molecule has 0 N–H and O–H groups in total. The summed E-state index contributed by atoms with van der Waals surface area (Å²) in [6, 6.07) is 8.02. The number of benzene rings is 1. The summed E-state index contributed by atoms with van der Waals surface area (Å²) in [6.45, 7) is -7.04. The van der Waals surface area contributed by atoms with Gasteiger partial charge in [-0.15, -0.1) is 0 Å². The van der Waals surface area contributed by atoms with Crippen LogP contribution in [-0.2, 0) is 16.1 Å². The first-order valence-corrected chi connectivity index (χ1v) is 4.69. The van der Waals surface area contributed by atoms with Crippen LogP contribution in [0, 0.1) is 5.89 Å². The normalized spacial score (nSPS) is 40.4. The van der Waals surface area contributed by atoms with E-state index in [1.165, 1.54) is 0 Å². The molecule has 1 amide bonds. The molecular formula is C13H15NO2. The molecule has 3 heteroatoms. The summed E-state index contributed by atoms with van der Waals surface area (Å²) in [5, 5.41) is 0. The zero-order valence-electron chi connectivity index (χ0n) is 16.4. The molecule has 0 aromatic heterocycles. The first kappa shape index (κ1) is 4.70. The van der Waals surface area contributed by atoms with E-state index in [2.05, 4.69) is 0 Å². The van der Waals surface area contributed by atoms with Gasteiger partial charge in [0.25, 0.3) is 0 Å². The number of carbonyl (C=O) groups excluding carboxylic acids is 2. The lowest BCUT2D eigenvalue weighted by molar-refractivity contribution is -0.143. The molecule has 1 unspecified atom stereocenters. The Balaban J connectivity index is 2.56. The summed E-state index contributed by atoms with van der Waals surface area (Å²) in [4.78, 5) is 25.2. The predicted molar refractivity (Wildman–Crippen MR) is 60.6 cm³/mol. The molecule has 1 aromatic carbocycles. The molecule has 1 heterocycles. The van der Waals surface area contributed by atoms with Gasteiger partial charge in [-0.2, -0.15) is 0 Å². The van der Waals surface area contributed by atoms with E-state index >= 15 is 0 Å². The highest BCUT2D eigenvalue weighted by Crippen LogP contribution is 2.16. The van der Waals surface area contributed by atoms with Crippen molar-refractivity contribution in [2.45, 2.75) is 19.8 Å². The Morgan fingerprint density at radius 2 is 2.25 bits per heavy atom. The number of ketones is 1. The van der Waals surface area contributed by atoms with E-state index in [1.807, 2.05) is 0 Å². The van der Waals surface area contributed by atoms with Crippen molar-refractivity contribution >= 4 is 11.7 Å². The minimum absolute atomic E-state index is 0.350. The highest BCUT2D eigenvalue weighted by Gasteiger charge is 2.29. The Labute approximate surface area is 106 Å². The van der Waals surface area contributed by atoms with Gasteiger partial charge in [0, 0.05) is 27.0 Å². The minimum Gasteiger partial charge on any atom is -0.331 e. The van der Waals surface area contributed by atoms with Crippen LogP contribution in [0.4, 0.5) is 0 Å². The van der Waals surface area contributed by atoms with Crippen LogP contribution in [0.5, 0.6) is 0 Å². The molecule has 1 fully saturated rings. The average Bonchev–Trinajstić information content (AvgIpc) is 2.48. The smallest absolute Gasteiger partial charge is 0.223 e. The molecule has 1 aliphatic heterocycles. The summed E-state index contributed by atoms with van der Waals surface area (Å²) >= 11 is 0. The van der Waals surface area contributed by atoms with Crippen LogP contribution in [0.3, 0.4) is 0 Å². The fourth-order valence-electron chi connectivity index (χ4n) is 1.34. The molecular weight excluding hydrogens is 202 g/mol. The maximum atomic E-state index is 12.5. The number of rotatable bonds is 2. The number of hydrogen-bond donors (Lipinski definition) is 0. The first-order chi connectivity index (χ1) is 10.8. The fourth-order valence-corrected chi connectivity index (χ4v) is 1.34. The van der Waals surface area contributed by atoms with Crippen LogP contribution in [0.1, 0.15) is 29.8 Å². The Hall–Kier alpha value is -1.64. The van der Waals surface area contributed by atoms with Crippen molar-refractivity contribution in [1.82, 2.24) is 4.90 Å². The Bertz CT molecular complexity index is 672. The lowest BCUT2D eigenvalue weighted by Gasteiger charge is -2.29. The third-order valence-electron chi connectivity index (χ3n) is 2.12. The van der Waals surface area contributed by atoms with Gasteiger partial charge in [0.1, 0.15) is 0 Å². The van der Waals surface area contributed by atoms with Crippen LogP contribution in [0.25, 0.3) is 0 Å². The third kappa shape index (κ3) is 2.30. The van der Waals surface area contributed by atoms with Crippen molar-refractivity contribution in [3.63, 3.8) is 0 Å². The van der Waals surface area contributed by atoms with Gasteiger partial charge in [-0.25, -0.2) is 0 Å². The van der Waals surface area contributed by atoms with Crippen molar-refractivity contribution in [2.75, 3.05) is 6.50 Å². The quantitative estimate of drug-likeness (QED) is 0.767. The first-order valence-electron chi connectivity index (χ1n) is 8.69. The van der Waals surface area contributed by atoms with E-state index in [0.29, 0.717) is 10.5 Å². The second kappa shape index (κ2) is 4.47. The number of carbonyl (C=O) groups is 2. The average molecular weight is 225 g/mol. The Kier molecular flexibility index (Phi) is 1.31. The van der Waals surface area contributed by atoms with Gasteiger partial charge < -0.3 is 4.90 Å². The van der Waals surface area contributed by atoms with Crippen molar-refractivity contribution in [2.24, 2.45) is 5.89 Å². The monoisotopic (exact) mass is 225 g/mol. The van der Waals surface area contributed by atoms with E-state index in [1.54, 1.807) is 30.3 Å². The van der Waals surface area contributed by atoms with E-state index in [-0.39, 0.29) is 0 Å². The molecule has 3 nitrogen and oxygen atoms in total. The zero-order valence-corrected chi connectivity index (χ0v) is 8.36. The number of Topliss-reactive ketones (excluding diaryl/α,β-unsaturated/α-hetero) is 1. The summed E-state index contributed by atoms with van der Waals surface area (Å²) in [7, 11) is 0. The van der Waals surface area contributed by atoms with Crippen molar-refractivity contribution in [3.8, 4) is 0 Å². The molecule has 0 spiro atoms. The molecule has 1 aliphatic rings. The summed E-state index contributed by atoms with van der Waals surface area (Å²) in [5.74, 6) is -6.86. The van der Waals surface area contributed by atoms with Gasteiger partial charge in [0.2, 0.25) is 5.91 Å². The third-order valence-corrected chi connectivity index (χ3v) is 2.12. The van der Waals surface area contributed by atoms with E-state index in [4.69, 9.17) is 11.0 Å². The topological polar surface area (TPSA) is 37.4 Å². The highest BCUT2D eigenvalue weighted by molar-refractivity contribution is 5.94. The molecule has 0 saturated carbocycles. The SMILES string of the molecule is [2H]C1([2H])C(=O)C([2H])(C([2H])([2H])[2H])C([2H])([2H])C(=O)N1Cc1ccccc1. The van der Waals surface area contributed by atoms with Crippen LogP contribution in [-0.4, -0.2) is 23.1 Å². The highest BCUT2D eigenvalue weighted by atomic mass is 16.2. The van der Waals surface area contributed by atoms with Crippen LogP contribution >= 0.6 is 0 Å². The Morgan fingerprint density at radius 1 is 1.50 bits per heavy atom. The van der Waals surface area contributed by atoms with E-state index in [0.717, 1.165) is 0 Å². The molecule has 0 aliphatic carbocycles. The van der Waals surface area contributed by atoms with Crippen LogP contribution < -0.4 is 0 Å². The maximum absolute atomic E-state index is 12.5. The van der Waals surface area contributed by atoms with Gasteiger partial charge in [-0.05, 0) is 5.56 Å². The van der Waals surface area contributed by atoms with E-state index in [9.17, 15) is 9.59 Å². The molecule has 0 radical (unpaired) electrons. The molecule has 2 rings (SSSR count). The Morgan fingerprint density at radius 3 is 2.94 bits per heavy atom.